The molecule has 1 atom stereocenters. The summed E-state index contributed by atoms with van der Waals surface area (Å²) in [4.78, 5) is 21.3. The van der Waals surface area contributed by atoms with Gasteiger partial charge in [0, 0.05) is 50.4 Å². The number of H-pyrrole nitrogens is 1. The predicted octanol–water partition coefficient (Wildman–Crippen LogP) is 1.60. The van der Waals surface area contributed by atoms with Crippen molar-refractivity contribution in [3.63, 3.8) is 0 Å². The summed E-state index contributed by atoms with van der Waals surface area (Å²) in [5.74, 6) is 1.36. The second kappa shape index (κ2) is 8.04. The summed E-state index contributed by atoms with van der Waals surface area (Å²) < 4.78 is 0. The highest BCUT2D eigenvalue weighted by Crippen LogP contribution is 2.45. The van der Waals surface area contributed by atoms with Gasteiger partial charge in [-0.2, -0.15) is 0 Å². The molecule has 1 spiro atoms. The number of rotatable bonds is 5. The maximum absolute atomic E-state index is 10.1. The molecule has 0 aromatic carbocycles. The van der Waals surface area contributed by atoms with Crippen LogP contribution in [0.4, 0.5) is 0 Å². The monoisotopic (exact) mass is 370 g/mol. The third-order valence-corrected chi connectivity index (χ3v) is 6.63. The van der Waals surface area contributed by atoms with Crippen molar-refractivity contribution in [2.45, 2.75) is 39.3 Å². The van der Waals surface area contributed by atoms with Gasteiger partial charge in [0.15, 0.2) is 0 Å². The number of aromatic nitrogens is 4. The molecule has 0 aliphatic carbocycles. The van der Waals surface area contributed by atoms with Gasteiger partial charge in [0.05, 0.1) is 17.9 Å². The summed E-state index contributed by atoms with van der Waals surface area (Å²) in [5.41, 5.74) is 2.39. The van der Waals surface area contributed by atoms with E-state index in [1.165, 1.54) is 0 Å². The maximum atomic E-state index is 10.1. The van der Waals surface area contributed by atoms with Crippen molar-refractivity contribution in [3.05, 3.63) is 42.0 Å². The van der Waals surface area contributed by atoms with Crippen molar-refractivity contribution in [2.75, 3.05) is 32.8 Å². The molecule has 0 amide bonds. The van der Waals surface area contributed by atoms with E-state index < -0.39 is 0 Å². The molecule has 4 rings (SSSR count). The summed E-state index contributed by atoms with van der Waals surface area (Å²) in [6.45, 7) is 8.22. The van der Waals surface area contributed by atoms with Gasteiger partial charge in [0.25, 0.3) is 0 Å². The summed E-state index contributed by atoms with van der Waals surface area (Å²) in [7, 11) is 0. The number of hydrogen-bond donors (Lipinski definition) is 2. The molecule has 27 heavy (non-hydrogen) atoms. The molecule has 146 valence electrons. The van der Waals surface area contributed by atoms with Gasteiger partial charge in [-0.15, -0.1) is 0 Å². The minimum absolute atomic E-state index is 0.276. The van der Waals surface area contributed by atoms with Gasteiger partial charge in [-0.05, 0) is 51.2 Å². The predicted molar refractivity (Wildman–Crippen MR) is 103 cm³/mol. The van der Waals surface area contributed by atoms with E-state index in [0.717, 1.165) is 75.7 Å². The lowest BCUT2D eigenvalue weighted by Crippen LogP contribution is -2.53. The molecule has 2 saturated heterocycles. The first-order valence-electron chi connectivity index (χ1n) is 9.99. The topological polar surface area (TPSA) is 81.2 Å². The van der Waals surface area contributed by atoms with Crippen molar-refractivity contribution in [2.24, 2.45) is 11.3 Å². The number of aliphatic hydroxyl groups is 1. The van der Waals surface area contributed by atoms with Gasteiger partial charge in [0.2, 0.25) is 0 Å². The Morgan fingerprint density at radius 3 is 2.44 bits per heavy atom. The molecule has 2 aromatic rings. The number of aromatic amines is 1. The van der Waals surface area contributed by atoms with Crippen LogP contribution < -0.4 is 0 Å². The van der Waals surface area contributed by atoms with E-state index in [4.69, 9.17) is 0 Å². The number of piperidine rings is 2. The van der Waals surface area contributed by atoms with Crippen LogP contribution in [0, 0.1) is 18.3 Å². The zero-order valence-corrected chi connectivity index (χ0v) is 16.1. The molecule has 0 saturated carbocycles. The lowest BCUT2D eigenvalue weighted by Gasteiger charge is -2.51. The molecule has 0 radical (unpaired) electrons. The van der Waals surface area contributed by atoms with Crippen LogP contribution in [-0.2, 0) is 13.1 Å². The fourth-order valence-electron chi connectivity index (χ4n) is 4.79. The smallest absolute Gasteiger partial charge is 0.120 e. The van der Waals surface area contributed by atoms with E-state index >= 15 is 0 Å². The van der Waals surface area contributed by atoms with Crippen molar-refractivity contribution < 1.29 is 5.11 Å². The number of nitrogens with zero attached hydrogens (tertiary/aromatic N) is 5. The average molecular weight is 371 g/mol. The lowest BCUT2D eigenvalue weighted by atomic mass is 9.64. The molecule has 0 bridgehead atoms. The van der Waals surface area contributed by atoms with Crippen LogP contribution in [0.15, 0.2) is 24.8 Å². The summed E-state index contributed by atoms with van der Waals surface area (Å²) in [6, 6.07) is 0. The van der Waals surface area contributed by atoms with Crippen LogP contribution in [-0.4, -0.2) is 67.6 Å². The molecule has 4 heterocycles. The number of aryl methyl sites for hydroxylation is 1. The fourth-order valence-corrected chi connectivity index (χ4v) is 4.79. The zero-order chi connectivity index (χ0) is 18.7. The fraction of sp³-hybridized carbons (Fsp3) is 0.650. The van der Waals surface area contributed by atoms with E-state index in [2.05, 4.69) is 29.7 Å². The Balaban J connectivity index is 1.35. The van der Waals surface area contributed by atoms with Crippen molar-refractivity contribution in [3.8, 4) is 0 Å². The SMILES string of the molecule is Cc1nccnc1CN1CCC2(CC1)CCN(Cc1ncc[nH]1)C[C@@H]2CO. The number of nitrogens with one attached hydrogen (secondary N) is 1. The van der Waals surface area contributed by atoms with Crippen molar-refractivity contribution >= 4 is 0 Å². The van der Waals surface area contributed by atoms with E-state index in [9.17, 15) is 5.11 Å². The van der Waals surface area contributed by atoms with Gasteiger partial charge in [-0.3, -0.25) is 19.8 Å². The second-order valence-electron chi connectivity index (χ2n) is 8.13. The number of aliphatic hydroxyl groups excluding tert-OH is 1. The van der Waals surface area contributed by atoms with Crippen LogP contribution in [0.1, 0.15) is 36.5 Å². The average Bonchev–Trinajstić information content (AvgIpc) is 3.20. The first-order valence-corrected chi connectivity index (χ1v) is 9.99. The normalized spacial score (nSPS) is 23.7. The van der Waals surface area contributed by atoms with Crippen LogP contribution in [0.2, 0.25) is 0 Å². The standard InChI is InChI=1S/C20H30N6O/c1-16-18(22-6-5-21-16)13-25-9-2-20(3-10-25)4-11-26(12-17(20)15-27)14-19-23-7-8-24-19/h5-8,17,27H,2-4,9-15H2,1H3,(H,23,24)/t17-/m1/s1. The summed E-state index contributed by atoms with van der Waals surface area (Å²) in [6.07, 6.45) is 10.7. The summed E-state index contributed by atoms with van der Waals surface area (Å²) in [5, 5.41) is 10.1. The highest BCUT2D eigenvalue weighted by Gasteiger charge is 2.44. The first kappa shape index (κ1) is 18.5. The molecule has 0 unspecified atom stereocenters. The van der Waals surface area contributed by atoms with Crippen LogP contribution in [0.3, 0.4) is 0 Å². The van der Waals surface area contributed by atoms with Crippen molar-refractivity contribution in [1.82, 2.24) is 29.7 Å². The quantitative estimate of drug-likeness (QED) is 0.832. The number of hydrogen-bond acceptors (Lipinski definition) is 6. The summed E-state index contributed by atoms with van der Waals surface area (Å²) >= 11 is 0. The molecule has 2 aromatic heterocycles. The molecular formula is C20H30N6O. The van der Waals surface area contributed by atoms with Gasteiger partial charge < -0.3 is 10.1 Å². The molecule has 2 fully saturated rings. The minimum Gasteiger partial charge on any atom is -0.396 e. The Hall–Kier alpha value is -1.83. The Bertz CT molecular complexity index is 726. The van der Waals surface area contributed by atoms with E-state index in [-0.39, 0.29) is 12.0 Å². The Morgan fingerprint density at radius 1 is 1.04 bits per heavy atom. The highest BCUT2D eigenvalue weighted by atomic mass is 16.3. The second-order valence-corrected chi connectivity index (χ2v) is 8.13. The van der Waals surface area contributed by atoms with Gasteiger partial charge >= 0.3 is 0 Å². The van der Waals surface area contributed by atoms with E-state index in [1.54, 1.807) is 18.6 Å². The van der Waals surface area contributed by atoms with Crippen molar-refractivity contribution in [1.29, 1.82) is 0 Å². The third-order valence-electron chi connectivity index (χ3n) is 6.63. The van der Waals surface area contributed by atoms with Gasteiger partial charge in [-0.25, -0.2) is 4.98 Å². The highest BCUT2D eigenvalue weighted by molar-refractivity contribution is 5.08. The molecule has 2 N–H and O–H groups in total. The molecule has 7 heteroatoms. The maximum Gasteiger partial charge on any atom is 0.120 e. The van der Waals surface area contributed by atoms with Gasteiger partial charge in [0.1, 0.15) is 5.82 Å². The first-order chi connectivity index (χ1) is 13.2. The lowest BCUT2D eigenvalue weighted by molar-refractivity contribution is -0.0456. The van der Waals surface area contributed by atoms with Crippen LogP contribution in [0.5, 0.6) is 0 Å². The zero-order valence-electron chi connectivity index (χ0n) is 16.1. The minimum atomic E-state index is 0.276. The molecular weight excluding hydrogens is 340 g/mol. The largest absolute Gasteiger partial charge is 0.396 e. The Labute approximate surface area is 160 Å². The molecule has 7 nitrogen and oxygen atoms in total. The number of imidazole rings is 1. The molecule has 2 aliphatic rings. The van der Waals surface area contributed by atoms with Crippen LogP contribution in [0.25, 0.3) is 0 Å². The Kier molecular flexibility index (Phi) is 5.52. The van der Waals surface area contributed by atoms with Crippen LogP contribution >= 0.6 is 0 Å². The third kappa shape index (κ3) is 4.05. The van der Waals surface area contributed by atoms with E-state index in [0.29, 0.717) is 5.92 Å². The molecule has 2 aliphatic heterocycles. The van der Waals surface area contributed by atoms with Gasteiger partial charge in [-0.1, -0.05) is 0 Å². The van der Waals surface area contributed by atoms with E-state index in [1.807, 2.05) is 13.1 Å². The number of likely N-dealkylation sites (tertiary alicyclic amines) is 2. The Morgan fingerprint density at radius 2 is 1.78 bits per heavy atom.